The Bertz CT molecular complexity index is 383. The van der Waals surface area contributed by atoms with Crippen LogP contribution in [0.5, 0.6) is 0 Å². The normalized spacial score (nSPS) is 18.4. The summed E-state index contributed by atoms with van der Waals surface area (Å²) in [5.41, 5.74) is 0. The monoisotopic (exact) mass is 240 g/mol. The lowest BCUT2D eigenvalue weighted by Gasteiger charge is -2.30. The Kier molecular flexibility index (Phi) is 3.75. The number of hydrogen-bond acceptors (Lipinski definition) is 5. The number of aliphatic hydroxyl groups excluding tert-OH is 1. The molecule has 1 saturated heterocycles. The zero-order valence-corrected chi connectivity index (χ0v) is 9.54. The highest BCUT2D eigenvalue weighted by Crippen LogP contribution is 2.21. The van der Waals surface area contributed by atoms with Gasteiger partial charge in [0, 0.05) is 6.61 Å². The Hall–Kier alpha value is -1.40. The Morgan fingerprint density at radius 1 is 1.47 bits per heavy atom. The number of likely N-dealkylation sites (tertiary alicyclic amines) is 1. The van der Waals surface area contributed by atoms with E-state index in [4.69, 9.17) is 9.52 Å². The van der Waals surface area contributed by atoms with E-state index in [1.807, 2.05) is 0 Å². The quantitative estimate of drug-likeness (QED) is 0.635. The predicted molar refractivity (Wildman–Crippen MR) is 60.4 cm³/mol. The molecule has 2 heterocycles. The van der Waals surface area contributed by atoms with Crippen molar-refractivity contribution in [1.82, 2.24) is 4.90 Å². The molecule has 0 unspecified atom stereocenters. The van der Waals surface area contributed by atoms with E-state index in [9.17, 15) is 10.1 Å². The zero-order chi connectivity index (χ0) is 12.3. The fourth-order valence-corrected chi connectivity index (χ4v) is 2.10. The first kappa shape index (κ1) is 12.1. The summed E-state index contributed by atoms with van der Waals surface area (Å²) in [4.78, 5) is 12.1. The van der Waals surface area contributed by atoms with Crippen LogP contribution in [0.25, 0.3) is 0 Å². The summed E-state index contributed by atoms with van der Waals surface area (Å²) >= 11 is 0. The van der Waals surface area contributed by atoms with Gasteiger partial charge in [0.15, 0.2) is 0 Å². The Labute approximate surface area is 99.0 Å². The van der Waals surface area contributed by atoms with Gasteiger partial charge in [0.05, 0.1) is 12.6 Å². The van der Waals surface area contributed by atoms with E-state index in [1.165, 1.54) is 6.07 Å². The van der Waals surface area contributed by atoms with Crippen molar-refractivity contribution in [3.05, 3.63) is 28.0 Å². The second-order valence-electron chi connectivity index (χ2n) is 4.40. The summed E-state index contributed by atoms with van der Waals surface area (Å²) in [7, 11) is 0. The van der Waals surface area contributed by atoms with Gasteiger partial charge in [0.1, 0.15) is 10.7 Å². The fraction of sp³-hybridized carbons (Fsp3) is 0.636. The molecule has 0 spiro atoms. The number of rotatable bonds is 4. The molecular weight excluding hydrogens is 224 g/mol. The molecule has 0 aliphatic carbocycles. The third-order valence-corrected chi connectivity index (χ3v) is 3.17. The molecule has 1 fully saturated rings. The smallest absolute Gasteiger partial charge is 0.404 e. The van der Waals surface area contributed by atoms with Crippen LogP contribution in [0.3, 0.4) is 0 Å². The van der Waals surface area contributed by atoms with E-state index >= 15 is 0 Å². The van der Waals surface area contributed by atoms with E-state index < -0.39 is 4.92 Å². The van der Waals surface area contributed by atoms with Crippen molar-refractivity contribution in [2.45, 2.75) is 19.4 Å². The van der Waals surface area contributed by atoms with E-state index in [0.29, 0.717) is 18.2 Å². The van der Waals surface area contributed by atoms with Crippen LogP contribution in [-0.4, -0.2) is 34.6 Å². The van der Waals surface area contributed by atoms with Gasteiger partial charge in [0.2, 0.25) is 0 Å². The van der Waals surface area contributed by atoms with Crippen LogP contribution in [0, 0.1) is 16.0 Å². The molecule has 1 N–H and O–H groups in total. The Morgan fingerprint density at radius 3 is 2.71 bits per heavy atom. The summed E-state index contributed by atoms with van der Waals surface area (Å²) in [5.74, 6) is 0.821. The van der Waals surface area contributed by atoms with Gasteiger partial charge in [-0.3, -0.25) is 15.0 Å². The number of nitro groups is 1. The van der Waals surface area contributed by atoms with Crippen LogP contribution in [0.1, 0.15) is 18.6 Å². The maximum Gasteiger partial charge on any atom is 0.433 e. The molecule has 6 nitrogen and oxygen atoms in total. The topological polar surface area (TPSA) is 79.8 Å². The molecular formula is C11H16N2O4. The second kappa shape index (κ2) is 5.29. The lowest BCUT2D eigenvalue weighted by Crippen LogP contribution is -2.34. The molecule has 0 atom stereocenters. The number of piperidine rings is 1. The van der Waals surface area contributed by atoms with E-state index in [0.717, 1.165) is 25.9 Å². The third kappa shape index (κ3) is 3.04. The van der Waals surface area contributed by atoms with Crippen molar-refractivity contribution < 1.29 is 14.4 Å². The Balaban J connectivity index is 1.86. The highest BCUT2D eigenvalue weighted by molar-refractivity contribution is 5.17. The predicted octanol–water partition coefficient (Wildman–Crippen LogP) is 1.39. The number of aliphatic hydroxyl groups is 1. The summed E-state index contributed by atoms with van der Waals surface area (Å²) in [6, 6.07) is 3.03. The summed E-state index contributed by atoms with van der Waals surface area (Å²) in [5, 5.41) is 19.5. The summed E-state index contributed by atoms with van der Waals surface area (Å²) < 4.78 is 5.11. The largest absolute Gasteiger partial charge is 0.433 e. The zero-order valence-electron chi connectivity index (χ0n) is 9.54. The van der Waals surface area contributed by atoms with Crippen molar-refractivity contribution >= 4 is 5.88 Å². The van der Waals surface area contributed by atoms with Crippen LogP contribution >= 0.6 is 0 Å². The minimum absolute atomic E-state index is 0.203. The second-order valence-corrected chi connectivity index (χ2v) is 4.40. The molecule has 1 aliphatic heterocycles. The van der Waals surface area contributed by atoms with Gasteiger partial charge >= 0.3 is 5.88 Å². The summed E-state index contributed by atoms with van der Waals surface area (Å²) in [6.45, 7) is 2.66. The lowest BCUT2D eigenvalue weighted by molar-refractivity contribution is -0.402. The molecule has 0 amide bonds. The molecule has 1 aromatic heterocycles. The van der Waals surface area contributed by atoms with E-state index in [-0.39, 0.29) is 12.5 Å². The first-order valence-electron chi connectivity index (χ1n) is 5.75. The molecule has 0 bridgehead atoms. The standard InChI is InChI=1S/C11H16N2O4/c14-8-9-3-5-12(6-4-9)7-10-1-2-11(17-10)13(15)16/h1-2,9,14H,3-8H2. The van der Waals surface area contributed by atoms with Crippen LogP contribution in [-0.2, 0) is 6.54 Å². The van der Waals surface area contributed by atoms with Crippen LogP contribution in [0.4, 0.5) is 5.88 Å². The average molecular weight is 240 g/mol. The van der Waals surface area contributed by atoms with Gasteiger partial charge in [-0.2, -0.15) is 0 Å². The molecule has 0 radical (unpaired) electrons. The van der Waals surface area contributed by atoms with Crippen molar-refractivity contribution in [1.29, 1.82) is 0 Å². The fourth-order valence-electron chi connectivity index (χ4n) is 2.10. The van der Waals surface area contributed by atoms with Crippen molar-refractivity contribution in [3.8, 4) is 0 Å². The molecule has 0 saturated carbocycles. The van der Waals surface area contributed by atoms with Crippen molar-refractivity contribution in [2.24, 2.45) is 5.92 Å². The van der Waals surface area contributed by atoms with Gasteiger partial charge in [-0.25, -0.2) is 0 Å². The third-order valence-electron chi connectivity index (χ3n) is 3.17. The molecule has 0 aromatic carbocycles. The van der Waals surface area contributed by atoms with E-state index in [2.05, 4.69) is 4.90 Å². The molecule has 2 rings (SSSR count). The minimum Gasteiger partial charge on any atom is -0.404 e. The van der Waals surface area contributed by atoms with Crippen LogP contribution < -0.4 is 0 Å². The van der Waals surface area contributed by atoms with Crippen LogP contribution in [0.2, 0.25) is 0 Å². The molecule has 1 aliphatic rings. The molecule has 17 heavy (non-hydrogen) atoms. The highest BCUT2D eigenvalue weighted by atomic mass is 16.6. The maximum atomic E-state index is 10.5. The van der Waals surface area contributed by atoms with Gasteiger partial charge in [-0.05, 0) is 37.9 Å². The first-order valence-corrected chi connectivity index (χ1v) is 5.75. The average Bonchev–Trinajstić information content (AvgIpc) is 2.79. The molecule has 6 heteroatoms. The number of hydrogen-bond donors (Lipinski definition) is 1. The van der Waals surface area contributed by atoms with Gasteiger partial charge in [-0.15, -0.1) is 0 Å². The van der Waals surface area contributed by atoms with Gasteiger partial charge in [-0.1, -0.05) is 0 Å². The van der Waals surface area contributed by atoms with Crippen molar-refractivity contribution in [3.63, 3.8) is 0 Å². The van der Waals surface area contributed by atoms with Gasteiger partial charge in [0.25, 0.3) is 0 Å². The van der Waals surface area contributed by atoms with Crippen molar-refractivity contribution in [2.75, 3.05) is 19.7 Å². The van der Waals surface area contributed by atoms with Crippen LogP contribution in [0.15, 0.2) is 16.5 Å². The van der Waals surface area contributed by atoms with Gasteiger partial charge < -0.3 is 9.52 Å². The SMILES string of the molecule is O=[N+]([O-])c1ccc(CN2CCC(CO)CC2)o1. The highest BCUT2D eigenvalue weighted by Gasteiger charge is 2.20. The molecule has 1 aromatic rings. The van der Waals surface area contributed by atoms with E-state index in [1.54, 1.807) is 6.07 Å². The maximum absolute atomic E-state index is 10.5. The summed E-state index contributed by atoms with van der Waals surface area (Å²) in [6.07, 6.45) is 1.94. The lowest BCUT2D eigenvalue weighted by atomic mass is 9.98. The number of furan rings is 1. The molecule has 94 valence electrons. The minimum atomic E-state index is -0.526. The Morgan fingerprint density at radius 2 is 2.18 bits per heavy atom. The first-order chi connectivity index (χ1) is 8.19. The number of nitrogens with zero attached hydrogens (tertiary/aromatic N) is 2.